The summed E-state index contributed by atoms with van der Waals surface area (Å²) in [7, 11) is 0. The summed E-state index contributed by atoms with van der Waals surface area (Å²) in [6.07, 6.45) is 1.54. The molecule has 1 atom stereocenters. The van der Waals surface area contributed by atoms with Crippen molar-refractivity contribution >= 4 is 21.9 Å². The zero-order valence-corrected chi connectivity index (χ0v) is 14.3. The lowest BCUT2D eigenvalue weighted by Gasteiger charge is -2.37. The molecule has 1 saturated heterocycles. The molecule has 0 aliphatic carbocycles. The predicted octanol–water partition coefficient (Wildman–Crippen LogP) is 3.29. The minimum absolute atomic E-state index is 0.301. The van der Waals surface area contributed by atoms with Crippen molar-refractivity contribution < 1.29 is 14.3 Å². The van der Waals surface area contributed by atoms with Gasteiger partial charge in [-0.3, -0.25) is 0 Å². The van der Waals surface area contributed by atoms with Gasteiger partial charge in [0.2, 0.25) is 5.60 Å². The predicted molar refractivity (Wildman–Crippen MR) is 85.4 cm³/mol. The number of piperidine rings is 1. The zero-order valence-electron chi connectivity index (χ0n) is 12.7. The lowest BCUT2D eigenvalue weighted by atomic mass is 9.93. The van der Waals surface area contributed by atoms with Crippen molar-refractivity contribution in [3.8, 4) is 5.75 Å². The minimum Gasteiger partial charge on any atom is -0.474 e. The van der Waals surface area contributed by atoms with E-state index < -0.39 is 11.2 Å². The van der Waals surface area contributed by atoms with E-state index in [1.54, 1.807) is 0 Å². The molecule has 2 rings (SSSR count). The molecule has 0 saturated carbocycles. The fourth-order valence-electron chi connectivity index (χ4n) is 2.28. The first-order chi connectivity index (χ1) is 9.81. The number of ether oxygens (including phenoxy) is 2. The van der Waals surface area contributed by atoms with Gasteiger partial charge in [-0.05, 0) is 58.0 Å². The SMILES string of the molecule is CC(C)(C)OC(=O)C1(Oc2ccc(Br)cc2)CCCNC1. The van der Waals surface area contributed by atoms with Crippen molar-refractivity contribution in [2.24, 2.45) is 0 Å². The lowest BCUT2D eigenvalue weighted by molar-refractivity contribution is -0.175. The lowest BCUT2D eigenvalue weighted by Crippen LogP contribution is -2.57. The molecule has 4 nitrogen and oxygen atoms in total. The highest BCUT2D eigenvalue weighted by Crippen LogP contribution is 2.28. The number of halogens is 1. The van der Waals surface area contributed by atoms with Gasteiger partial charge in [-0.1, -0.05) is 15.9 Å². The van der Waals surface area contributed by atoms with E-state index in [0.717, 1.165) is 17.4 Å². The maximum atomic E-state index is 12.6. The van der Waals surface area contributed by atoms with Crippen molar-refractivity contribution in [2.45, 2.75) is 44.8 Å². The van der Waals surface area contributed by atoms with E-state index in [0.29, 0.717) is 18.7 Å². The smallest absolute Gasteiger partial charge is 0.352 e. The Morgan fingerprint density at radius 1 is 1.29 bits per heavy atom. The quantitative estimate of drug-likeness (QED) is 0.845. The van der Waals surface area contributed by atoms with Crippen molar-refractivity contribution in [1.82, 2.24) is 5.32 Å². The summed E-state index contributed by atoms with van der Waals surface area (Å²) in [5.74, 6) is 0.373. The maximum absolute atomic E-state index is 12.6. The van der Waals surface area contributed by atoms with Gasteiger partial charge in [0, 0.05) is 17.4 Å². The Labute approximate surface area is 134 Å². The molecular weight excluding hydrogens is 334 g/mol. The van der Waals surface area contributed by atoms with Crippen LogP contribution in [-0.2, 0) is 9.53 Å². The second-order valence-corrected chi connectivity index (χ2v) is 7.25. The summed E-state index contributed by atoms with van der Waals surface area (Å²) in [5, 5.41) is 3.24. The first-order valence-electron chi connectivity index (χ1n) is 7.20. The van der Waals surface area contributed by atoms with E-state index in [2.05, 4.69) is 21.2 Å². The highest BCUT2D eigenvalue weighted by atomic mass is 79.9. The van der Waals surface area contributed by atoms with Crippen LogP contribution < -0.4 is 10.1 Å². The summed E-state index contributed by atoms with van der Waals surface area (Å²) in [5.41, 5.74) is -1.47. The van der Waals surface area contributed by atoms with Crippen LogP contribution >= 0.6 is 15.9 Å². The summed E-state index contributed by atoms with van der Waals surface area (Å²) in [6, 6.07) is 7.50. The van der Waals surface area contributed by atoms with Crippen LogP contribution in [0.1, 0.15) is 33.6 Å². The summed E-state index contributed by atoms with van der Waals surface area (Å²) < 4.78 is 12.6. The van der Waals surface area contributed by atoms with Gasteiger partial charge in [-0.25, -0.2) is 4.79 Å². The Kier molecular flexibility index (Phi) is 4.94. The molecule has 0 bridgehead atoms. The van der Waals surface area contributed by atoms with Crippen LogP contribution in [0.3, 0.4) is 0 Å². The molecule has 116 valence electrons. The topological polar surface area (TPSA) is 47.6 Å². The number of carbonyl (C=O) groups is 1. The van der Waals surface area contributed by atoms with Crippen LogP contribution in [0.25, 0.3) is 0 Å². The Balaban J connectivity index is 2.20. The van der Waals surface area contributed by atoms with Gasteiger partial charge in [0.25, 0.3) is 0 Å². The molecule has 0 spiro atoms. The minimum atomic E-state index is -0.945. The van der Waals surface area contributed by atoms with Crippen molar-refractivity contribution in [3.63, 3.8) is 0 Å². The number of benzene rings is 1. The fraction of sp³-hybridized carbons (Fsp3) is 0.562. The van der Waals surface area contributed by atoms with Gasteiger partial charge in [-0.15, -0.1) is 0 Å². The highest BCUT2D eigenvalue weighted by Gasteiger charge is 2.45. The molecule has 1 heterocycles. The van der Waals surface area contributed by atoms with Gasteiger partial charge in [0.15, 0.2) is 0 Å². The third-order valence-electron chi connectivity index (χ3n) is 3.24. The van der Waals surface area contributed by atoms with Crippen molar-refractivity contribution in [2.75, 3.05) is 13.1 Å². The van der Waals surface area contributed by atoms with Crippen LogP contribution in [0.4, 0.5) is 0 Å². The molecule has 5 heteroatoms. The average molecular weight is 356 g/mol. The molecule has 21 heavy (non-hydrogen) atoms. The molecule has 1 N–H and O–H groups in total. The van der Waals surface area contributed by atoms with E-state index in [1.807, 2.05) is 45.0 Å². The molecular formula is C16H22BrNO3. The van der Waals surface area contributed by atoms with Crippen LogP contribution in [0.2, 0.25) is 0 Å². The van der Waals surface area contributed by atoms with Crippen molar-refractivity contribution in [1.29, 1.82) is 0 Å². The maximum Gasteiger partial charge on any atom is 0.352 e. The molecule has 1 aromatic carbocycles. The number of hydrogen-bond donors (Lipinski definition) is 1. The van der Waals surface area contributed by atoms with Crippen molar-refractivity contribution in [3.05, 3.63) is 28.7 Å². The third kappa shape index (κ3) is 4.45. The molecule has 0 amide bonds. The zero-order chi connectivity index (χ0) is 15.5. The molecule has 1 fully saturated rings. The molecule has 1 aliphatic rings. The van der Waals surface area contributed by atoms with Crippen LogP contribution in [0.15, 0.2) is 28.7 Å². The monoisotopic (exact) mass is 355 g/mol. The fourth-order valence-corrected chi connectivity index (χ4v) is 2.54. The normalized spacial score (nSPS) is 22.7. The molecule has 0 radical (unpaired) electrons. The van der Waals surface area contributed by atoms with E-state index in [4.69, 9.17) is 9.47 Å². The standard InChI is InChI=1S/C16H22BrNO3/c1-15(2,3)21-14(19)16(9-4-10-18-11-16)20-13-7-5-12(17)6-8-13/h5-8,18H,4,9-11H2,1-3H3. The van der Waals surface area contributed by atoms with Gasteiger partial charge in [0.05, 0.1) is 0 Å². The first kappa shape index (κ1) is 16.3. The van der Waals surface area contributed by atoms with Crippen LogP contribution in [0, 0.1) is 0 Å². The number of esters is 1. The average Bonchev–Trinajstić information content (AvgIpc) is 2.41. The van der Waals surface area contributed by atoms with Gasteiger partial charge in [0.1, 0.15) is 11.4 Å². The summed E-state index contributed by atoms with van der Waals surface area (Å²) in [6.45, 7) is 6.98. The second-order valence-electron chi connectivity index (χ2n) is 6.33. The molecule has 0 aromatic heterocycles. The van der Waals surface area contributed by atoms with E-state index in [1.165, 1.54) is 0 Å². The van der Waals surface area contributed by atoms with E-state index >= 15 is 0 Å². The van der Waals surface area contributed by atoms with Gasteiger partial charge in [-0.2, -0.15) is 0 Å². The second kappa shape index (κ2) is 6.36. The third-order valence-corrected chi connectivity index (χ3v) is 3.77. The van der Waals surface area contributed by atoms with Crippen LogP contribution in [0.5, 0.6) is 5.75 Å². The number of carbonyl (C=O) groups excluding carboxylic acids is 1. The molecule has 1 aromatic rings. The van der Waals surface area contributed by atoms with Crippen LogP contribution in [-0.4, -0.2) is 30.3 Å². The largest absolute Gasteiger partial charge is 0.474 e. The summed E-state index contributed by atoms with van der Waals surface area (Å²) >= 11 is 3.39. The Morgan fingerprint density at radius 2 is 1.95 bits per heavy atom. The van der Waals surface area contributed by atoms with E-state index in [-0.39, 0.29) is 5.97 Å². The molecule has 1 aliphatic heterocycles. The highest BCUT2D eigenvalue weighted by molar-refractivity contribution is 9.10. The van der Waals surface area contributed by atoms with Gasteiger partial charge < -0.3 is 14.8 Å². The molecule has 1 unspecified atom stereocenters. The van der Waals surface area contributed by atoms with E-state index in [9.17, 15) is 4.79 Å². The Bertz CT molecular complexity index is 487. The Morgan fingerprint density at radius 3 is 2.48 bits per heavy atom. The summed E-state index contributed by atoms with van der Waals surface area (Å²) in [4.78, 5) is 12.6. The first-order valence-corrected chi connectivity index (χ1v) is 7.99. The Hall–Kier alpha value is -1.07. The number of nitrogens with one attached hydrogen (secondary N) is 1. The number of hydrogen-bond acceptors (Lipinski definition) is 4. The number of rotatable bonds is 3. The van der Waals surface area contributed by atoms with Gasteiger partial charge >= 0.3 is 5.97 Å².